The summed E-state index contributed by atoms with van der Waals surface area (Å²) in [4.78, 5) is 12.1. The lowest BCUT2D eigenvalue weighted by atomic mass is 9.95. The molecule has 0 aromatic heterocycles. The minimum Gasteiger partial charge on any atom is -0.461 e. The molecule has 0 fully saturated rings. The van der Waals surface area contributed by atoms with Crippen LogP contribution in [0.15, 0.2) is 59.3 Å². The summed E-state index contributed by atoms with van der Waals surface area (Å²) < 4.78 is 5.19. The fourth-order valence-electron chi connectivity index (χ4n) is 2.75. The van der Waals surface area contributed by atoms with E-state index in [2.05, 4.69) is 72.4 Å². The third-order valence-corrected chi connectivity index (χ3v) is 4.26. The molecule has 152 valence electrons. The molecule has 0 aromatic rings. The highest BCUT2D eigenvalue weighted by atomic mass is 16.5. The summed E-state index contributed by atoms with van der Waals surface area (Å²) in [7, 11) is 0. The molecule has 1 atom stereocenters. The van der Waals surface area contributed by atoms with Crippen LogP contribution in [0.1, 0.15) is 80.1 Å². The first-order chi connectivity index (χ1) is 12.7. The van der Waals surface area contributed by atoms with Crippen molar-refractivity contribution in [2.24, 2.45) is 5.92 Å². The molecule has 1 unspecified atom stereocenters. The van der Waals surface area contributed by atoms with Gasteiger partial charge >= 0.3 is 5.97 Å². The van der Waals surface area contributed by atoms with Crippen molar-refractivity contribution in [1.29, 1.82) is 0 Å². The fraction of sp³-hybridized carbons (Fsp3) is 0.560. The number of hydrogen-bond acceptors (Lipinski definition) is 2. The second-order valence-electron chi connectivity index (χ2n) is 7.88. The molecule has 0 heterocycles. The summed E-state index contributed by atoms with van der Waals surface area (Å²) in [6.07, 6.45) is 16.2. The van der Waals surface area contributed by atoms with Gasteiger partial charge in [0.2, 0.25) is 0 Å². The van der Waals surface area contributed by atoms with Crippen LogP contribution < -0.4 is 0 Å². The number of allylic oxidation sites excluding steroid dienone is 8. The van der Waals surface area contributed by atoms with Gasteiger partial charge in [0.05, 0.1) is 6.42 Å². The van der Waals surface area contributed by atoms with Crippen LogP contribution in [0.5, 0.6) is 0 Å². The first-order valence-corrected chi connectivity index (χ1v) is 10.1. The van der Waals surface area contributed by atoms with Gasteiger partial charge in [0.15, 0.2) is 0 Å². The van der Waals surface area contributed by atoms with Crippen LogP contribution >= 0.6 is 0 Å². The predicted octanol–water partition coefficient (Wildman–Crippen LogP) is 7.50. The SMILES string of the molecule is C=CCOC(=O)CC(/C=C(\C)CCC=C(C)C)C/C=C(\C)CCC=C(C)C. The van der Waals surface area contributed by atoms with Crippen molar-refractivity contribution in [3.8, 4) is 0 Å². The maximum atomic E-state index is 12.1. The van der Waals surface area contributed by atoms with Gasteiger partial charge in [-0.15, -0.1) is 0 Å². The Kier molecular flexibility index (Phi) is 14.2. The Morgan fingerprint density at radius 1 is 0.889 bits per heavy atom. The Labute approximate surface area is 167 Å². The van der Waals surface area contributed by atoms with Gasteiger partial charge in [0.1, 0.15) is 6.61 Å². The number of rotatable bonds is 13. The fourth-order valence-corrected chi connectivity index (χ4v) is 2.75. The molecule has 0 N–H and O–H groups in total. The first kappa shape index (κ1) is 25.2. The monoisotopic (exact) mass is 372 g/mol. The van der Waals surface area contributed by atoms with Crippen molar-refractivity contribution in [3.63, 3.8) is 0 Å². The van der Waals surface area contributed by atoms with E-state index in [1.807, 2.05) is 0 Å². The highest BCUT2D eigenvalue weighted by Crippen LogP contribution is 2.20. The number of carbonyl (C=O) groups is 1. The van der Waals surface area contributed by atoms with Crippen LogP contribution in [0, 0.1) is 5.92 Å². The Bertz CT molecular complexity index is 565. The van der Waals surface area contributed by atoms with Crippen molar-refractivity contribution in [2.75, 3.05) is 6.61 Å². The van der Waals surface area contributed by atoms with Crippen LogP contribution in [-0.4, -0.2) is 12.6 Å². The van der Waals surface area contributed by atoms with Gasteiger partial charge in [-0.25, -0.2) is 0 Å². The summed E-state index contributed by atoms with van der Waals surface area (Å²) in [6.45, 7) is 16.7. The van der Waals surface area contributed by atoms with E-state index < -0.39 is 0 Å². The van der Waals surface area contributed by atoms with Gasteiger partial charge in [-0.05, 0) is 79.6 Å². The predicted molar refractivity (Wildman–Crippen MR) is 119 cm³/mol. The summed E-state index contributed by atoms with van der Waals surface area (Å²) in [5.74, 6) is 0.0382. The summed E-state index contributed by atoms with van der Waals surface area (Å²) in [6, 6.07) is 0. The molecule has 0 spiro atoms. The Balaban J connectivity index is 4.90. The number of hydrogen-bond donors (Lipinski definition) is 0. The van der Waals surface area contributed by atoms with E-state index in [1.165, 1.54) is 22.3 Å². The summed E-state index contributed by atoms with van der Waals surface area (Å²) >= 11 is 0. The average Bonchev–Trinajstić information content (AvgIpc) is 2.57. The van der Waals surface area contributed by atoms with Crippen LogP contribution in [-0.2, 0) is 9.53 Å². The Hall–Kier alpha value is -1.83. The van der Waals surface area contributed by atoms with E-state index in [1.54, 1.807) is 6.08 Å². The van der Waals surface area contributed by atoms with E-state index in [0.29, 0.717) is 6.42 Å². The zero-order valence-corrected chi connectivity index (χ0v) is 18.4. The molecule has 0 saturated carbocycles. The molecule has 0 aromatic carbocycles. The molecule has 0 radical (unpaired) electrons. The molecule has 0 saturated heterocycles. The maximum Gasteiger partial charge on any atom is 0.306 e. The lowest BCUT2D eigenvalue weighted by molar-refractivity contribution is -0.143. The molecule has 27 heavy (non-hydrogen) atoms. The zero-order chi connectivity index (χ0) is 20.7. The number of carbonyl (C=O) groups excluding carboxylic acids is 1. The van der Waals surface area contributed by atoms with Gasteiger partial charge in [-0.2, -0.15) is 0 Å². The van der Waals surface area contributed by atoms with Gasteiger partial charge < -0.3 is 4.74 Å². The van der Waals surface area contributed by atoms with Crippen molar-refractivity contribution >= 4 is 5.97 Å². The molecular weight excluding hydrogens is 332 g/mol. The highest BCUT2D eigenvalue weighted by Gasteiger charge is 2.12. The molecule has 0 aliphatic heterocycles. The second-order valence-corrected chi connectivity index (χ2v) is 7.88. The zero-order valence-electron chi connectivity index (χ0n) is 18.4. The van der Waals surface area contributed by atoms with Crippen LogP contribution in [0.25, 0.3) is 0 Å². The third-order valence-electron chi connectivity index (χ3n) is 4.26. The van der Waals surface area contributed by atoms with Crippen LogP contribution in [0.3, 0.4) is 0 Å². The van der Waals surface area contributed by atoms with E-state index in [4.69, 9.17) is 4.74 Å². The molecular formula is C25H40O2. The third kappa shape index (κ3) is 16.1. The maximum absolute atomic E-state index is 12.1. The van der Waals surface area contributed by atoms with Crippen molar-refractivity contribution < 1.29 is 9.53 Å². The Morgan fingerprint density at radius 3 is 1.96 bits per heavy atom. The van der Waals surface area contributed by atoms with Crippen LogP contribution in [0.4, 0.5) is 0 Å². The van der Waals surface area contributed by atoms with E-state index in [-0.39, 0.29) is 18.5 Å². The van der Waals surface area contributed by atoms with Crippen molar-refractivity contribution in [1.82, 2.24) is 0 Å². The van der Waals surface area contributed by atoms with E-state index >= 15 is 0 Å². The molecule has 0 aliphatic carbocycles. The minimum absolute atomic E-state index is 0.149. The molecule has 2 heteroatoms. The van der Waals surface area contributed by atoms with Gasteiger partial charge in [-0.1, -0.05) is 59.3 Å². The summed E-state index contributed by atoms with van der Waals surface area (Å²) in [5.41, 5.74) is 5.43. The quantitative estimate of drug-likeness (QED) is 0.247. The molecule has 0 aliphatic rings. The van der Waals surface area contributed by atoms with Crippen LogP contribution in [0.2, 0.25) is 0 Å². The molecule has 0 rings (SSSR count). The topological polar surface area (TPSA) is 26.3 Å². The first-order valence-electron chi connectivity index (χ1n) is 10.1. The Morgan fingerprint density at radius 2 is 1.44 bits per heavy atom. The van der Waals surface area contributed by atoms with Crippen molar-refractivity contribution in [2.45, 2.75) is 80.1 Å². The second kappa shape index (κ2) is 15.2. The number of ether oxygens (including phenoxy) is 1. The molecule has 2 nitrogen and oxygen atoms in total. The molecule has 0 amide bonds. The summed E-state index contributed by atoms with van der Waals surface area (Å²) in [5, 5.41) is 0. The van der Waals surface area contributed by atoms with Gasteiger partial charge in [0, 0.05) is 0 Å². The van der Waals surface area contributed by atoms with Gasteiger partial charge in [0.25, 0.3) is 0 Å². The molecule has 0 bridgehead atoms. The normalized spacial score (nSPS) is 13.0. The number of esters is 1. The van der Waals surface area contributed by atoms with E-state index in [9.17, 15) is 4.79 Å². The van der Waals surface area contributed by atoms with Crippen molar-refractivity contribution in [3.05, 3.63) is 59.3 Å². The lowest BCUT2D eigenvalue weighted by Crippen LogP contribution is -2.10. The van der Waals surface area contributed by atoms with Gasteiger partial charge in [-0.3, -0.25) is 4.79 Å². The van der Waals surface area contributed by atoms with E-state index in [0.717, 1.165) is 32.1 Å². The highest BCUT2D eigenvalue weighted by molar-refractivity contribution is 5.70. The standard InChI is InChI=1S/C25H40O2/c1-8-17-27-25(26)19-24(18-23(7)14-10-12-21(4)5)16-15-22(6)13-9-11-20(2)3/h8,11-12,15,18,24H,1,9-10,13-14,16-17,19H2,2-7H3/b22-15+,23-18+. The minimum atomic E-state index is -0.149. The average molecular weight is 373 g/mol. The lowest BCUT2D eigenvalue weighted by Gasteiger charge is -2.13. The largest absolute Gasteiger partial charge is 0.461 e. The smallest absolute Gasteiger partial charge is 0.306 e.